The molecule has 23 heavy (non-hydrogen) atoms. The van der Waals surface area contributed by atoms with Gasteiger partial charge in [-0.2, -0.15) is 0 Å². The van der Waals surface area contributed by atoms with E-state index >= 15 is 0 Å². The number of carbonyl (C=O) groups excluding carboxylic acids is 1. The van der Waals surface area contributed by atoms with Crippen LogP contribution < -0.4 is 9.80 Å². The van der Waals surface area contributed by atoms with Crippen molar-refractivity contribution >= 4 is 40.6 Å². The highest BCUT2D eigenvalue weighted by atomic mass is 35.5. The van der Waals surface area contributed by atoms with Gasteiger partial charge in [-0.05, 0) is 48.5 Å². The largest absolute Gasteiger partial charge is 0.376 e. The van der Waals surface area contributed by atoms with Gasteiger partial charge in [-0.1, -0.05) is 23.2 Å². The van der Waals surface area contributed by atoms with Crippen LogP contribution in [0.15, 0.2) is 48.5 Å². The fourth-order valence-corrected chi connectivity index (χ4v) is 3.36. The molecule has 0 unspecified atom stereocenters. The van der Waals surface area contributed by atoms with Crippen molar-refractivity contribution in [1.82, 2.24) is 0 Å². The molecule has 2 aromatic rings. The van der Waals surface area contributed by atoms with Gasteiger partial charge in [0, 0.05) is 21.4 Å². The Morgan fingerprint density at radius 1 is 0.870 bits per heavy atom. The lowest BCUT2D eigenvalue weighted by Gasteiger charge is -2.43. The van der Waals surface area contributed by atoms with Crippen LogP contribution in [0.5, 0.6) is 0 Å². The van der Waals surface area contributed by atoms with Crippen molar-refractivity contribution in [3.05, 3.63) is 58.6 Å². The van der Waals surface area contributed by atoms with Crippen LogP contribution in [0.3, 0.4) is 0 Å². The molecule has 2 aliphatic rings. The minimum absolute atomic E-state index is 0.0575. The highest BCUT2D eigenvalue weighted by molar-refractivity contribution is 6.31. The summed E-state index contributed by atoms with van der Waals surface area (Å²) in [6, 6.07) is 14.6. The minimum Gasteiger partial charge on any atom is -0.376 e. The topological polar surface area (TPSA) is 32.8 Å². The molecule has 6 heteroatoms. The van der Waals surface area contributed by atoms with Crippen LogP contribution in [-0.2, 0) is 4.74 Å². The first-order chi connectivity index (χ1) is 11.1. The van der Waals surface area contributed by atoms with Crippen molar-refractivity contribution in [2.24, 2.45) is 0 Å². The van der Waals surface area contributed by atoms with Gasteiger partial charge in [0.25, 0.3) is 0 Å². The van der Waals surface area contributed by atoms with Crippen LogP contribution in [-0.4, -0.2) is 31.3 Å². The molecular formula is C17H14Cl2N2O2. The van der Waals surface area contributed by atoms with Crippen molar-refractivity contribution in [2.45, 2.75) is 5.54 Å². The number of urea groups is 1. The Morgan fingerprint density at radius 3 is 1.87 bits per heavy atom. The van der Waals surface area contributed by atoms with Crippen LogP contribution >= 0.6 is 23.2 Å². The van der Waals surface area contributed by atoms with E-state index in [1.165, 1.54) is 0 Å². The standard InChI is InChI=1S/C17H14Cl2N2O2/c18-12-1-5-14(6-2-12)20-9-17(10-23-11-17)21(16(20)22)15-7-3-13(19)4-8-15/h1-8H,9-11H2. The third-order valence-corrected chi connectivity index (χ3v) is 4.82. The molecule has 2 fully saturated rings. The predicted octanol–water partition coefficient (Wildman–Crippen LogP) is 4.21. The van der Waals surface area contributed by atoms with Crippen molar-refractivity contribution in [3.8, 4) is 0 Å². The normalized spacial score (nSPS) is 19.3. The van der Waals surface area contributed by atoms with E-state index < -0.39 is 0 Å². The number of benzene rings is 2. The van der Waals surface area contributed by atoms with Crippen molar-refractivity contribution in [2.75, 3.05) is 29.6 Å². The first-order valence-corrected chi connectivity index (χ1v) is 8.05. The van der Waals surface area contributed by atoms with Gasteiger partial charge in [-0.15, -0.1) is 0 Å². The second-order valence-corrected chi connectivity index (χ2v) is 6.75. The molecule has 4 nitrogen and oxygen atoms in total. The van der Waals surface area contributed by atoms with E-state index in [1.807, 2.05) is 29.2 Å². The summed E-state index contributed by atoms with van der Waals surface area (Å²) < 4.78 is 5.42. The molecule has 0 radical (unpaired) electrons. The van der Waals surface area contributed by atoms with E-state index in [0.29, 0.717) is 29.8 Å². The van der Waals surface area contributed by atoms with E-state index in [4.69, 9.17) is 27.9 Å². The number of rotatable bonds is 2. The SMILES string of the molecule is O=C1N(c2ccc(Cl)cc2)CC2(COC2)N1c1ccc(Cl)cc1. The van der Waals surface area contributed by atoms with Gasteiger partial charge in [-0.25, -0.2) is 4.79 Å². The van der Waals surface area contributed by atoms with E-state index in [1.54, 1.807) is 29.2 Å². The van der Waals surface area contributed by atoms with Crippen LogP contribution in [0.2, 0.25) is 10.0 Å². The molecule has 0 atom stereocenters. The maximum absolute atomic E-state index is 13.0. The Hall–Kier alpha value is -1.75. The molecule has 0 aromatic heterocycles. The number of ether oxygens (including phenoxy) is 1. The lowest BCUT2D eigenvalue weighted by atomic mass is 9.96. The maximum Gasteiger partial charge on any atom is 0.329 e. The summed E-state index contributed by atoms with van der Waals surface area (Å²) in [4.78, 5) is 16.6. The van der Waals surface area contributed by atoms with Gasteiger partial charge >= 0.3 is 6.03 Å². The lowest BCUT2D eigenvalue weighted by Crippen LogP contribution is -2.61. The molecule has 0 saturated carbocycles. The number of hydrogen-bond acceptors (Lipinski definition) is 2. The van der Waals surface area contributed by atoms with Gasteiger partial charge < -0.3 is 4.74 Å². The molecule has 2 saturated heterocycles. The molecule has 1 spiro atoms. The van der Waals surface area contributed by atoms with Crippen LogP contribution in [0, 0.1) is 0 Å². The van der Waals surface area contributed by atoms with E-state index in [9.17, 15) is 4.79 Å². The fourth-order valence-electron chi connectivity index (χ4n) is 3.11. The van der Waals surface area contributed by atoms with Crippen LogP contribution in [0.25, 0.3) is 0 Å². The number of carbonyl (C=O) groups is 1. The van der Waals surface area contributed by atoms with Crippen LogP contribution in [0.1, 0.15) is 0 Å². The molecular weight excluding hydrogens is 335 g/mol. The molecule has 0 aliphatic carbocycles. The van der Waals surface area contributed by atoms with E-state index in [0.717, 1.165) is 11.4 Å². The Kier molecular flexibility index (Phi) is 3.48. The average Bonchev–Trinajstić information content (AvgIpc) is 2.83. The van der Waals surface area contributed by atoms with Crippen molar-refractivity contribution in [3.63, 3.8) is 0 Å². The molecule has 0 bridgehead atoms. The zero-order valence-electron chi connectivity index (χ0n) is 12.2. The number of amides is 2. The number of halogens is 2. The second kappa shape index (κ2) is 5.41. The Morgan fingerprint density at radius 2 is 1.39 bits per heavy atom. The zero-order chi connectivity index (χ0) is 16.0. The zero-order valence-corrected chi connectivity index (χ0v) is 13.7. The van der Waals surface area contributed by atoms with Gasteiger partial charge in [-0.3, -0.25) is 9.80 Å². The predicted molar refractivity (Wildman–Crippen MR) is 91.7 cm³/mol. The Bertz CT molecular complexity index is 742. The summed E-state index contributed by atoms with van der Waals surface area (Å²) in [6.07, 6.45) is 0. The molecule has 2 aromatic carbocycles. The highest BCUT2D eigenvalue weighted by Gasteiger charge is 2.55. The maximum atomic E-state index is 13.0. The summed E-state index contributed by atoms with van der Waals surface area (Å²) in [5.74, 6) is 0. The summed E-state index contributed by atoms with van der Waals surface area (Å²) in [7, 11) is 0. The van der Waals surface area contributed by atoms with Crippen LogP contribution in [0.4, 0.5) is 16.2 Å². The molecule has 2 aliphatic heterocycles. The molecule has 2 amide bonds. The number of anilines is 2. The van der Waals surface area contributed by atoms with Crippen molar-refractivity contribution < 1.29 is 9.53 Å². The third kappa shape index (κ3) is 2.38. The molecule has 0 N–H and O–H groups in total. The molecule has 4 rings (SSSR count). The monoisotopic (exact) mass is 348 g/mol. The smallest absolute Gasteiger partial charge is 0.329 e. The summed E-state index contributed by atoms with van der Waals surface area (Å²) in [5.41, 5.74) is 1.35. The minimum atomic E-state index is -0.315. The molecule has 118 valence electrons. The summed E-state index contributed by atoms with van der Waals surface area (Å²) in [5, 5.41) is 1.30. The van der Waals surface area contributed by atoms with Crippen molar-refractivity contribution in [1.29, 1.82) is 0 Å². The van der Waals surface area contributed by atoms with E-state index in [2.05, 4.69) is 0 Å². The lowest BCUT2D eigenvalue weighted by molar-refractivity contribution is -0.0418. The van der Waals surface area contributed by atoms with E-state index in [-0.39, 0.29) is 11.6 Å². The quantitative estimate of drug-likeness (QED) is 0.814. The molecule has 2 heterocycles. The Labute approximate surface area is 144 Å². The average molecular weight is 349 g/mol. The van der Waals surface area contributed by atoms with Gasteiger partial charge in [0.05, 0.1) is 19.8 Å². The third-order valence-electron chi connectivity index (χ3n) is 4.31. The summed E-state index contributed by atoms with van der Waals surface area (Å²) >= 11 is 11.9. The summed E-state index contributed by atoms with van der Waals surface area (Å²) in [6.45, 7) is 1.66. The first-order valence-electron chi connectivity index (χ1n) is 7.30. The fraction of sp³-hybridized carbons (Fsp3) is 0.235. The first kappa shape index (κ1) is 14.8. The highest BCUT2D eigenvalue weighted by Crippen LogP contribution is 2.39. The number of hydrogen-bond donors (Lipinski definition) is 0. The van der Waals surface area contributed by atoms with Gasteiger partial charge in [0.1, 0.15) is 5.54 Å². The van der Waals surface area contributed by atoms with Gasteiger partial charge in [0.2, 0.25) is 0 Å². The second-order valence-electron chi connectivity index (χ2n) is 5.87. The van der Waals surface area contributed by atoms with Gasteiger partial charge in [0.15, 0.2) is 0 Å². The number of nitrogens with zero attached hydrogens (tertiary/aromatic N) is 2. The Balaban J connectivity index is 1.72.